The quantitative estimate of drug-likeness (QED) is 0.780. The topological polar surface area (TPSA) is 88.5 Å². The summed E-state index contributed by atoms with van der Waals surface area (Å²) in [5, 5.41) is 20.1. The molecule has 8 heteroatoms. The number of hydrogen-bond acceptors (Lipinski definition) is 4. The zero-order valence-corrected chi connectivity index (χ0v) is 14.0. The Balaban J connectivity index is 1.98. The van der Waals surface area contributed by atoms with Crippen LogP contribution in [0.25, 0.3) is 0 Å². The summed E-state index contributed by atoms with van der Waals surface area (Å²) in [6, 6.07) is 2.05. The third kappa shape index (κ3) is 3.41. The van der Waals surface area contributed by atoms with Crippen LogP contribution in [0.1, 0.15) is 24.7 Å². The van der Waals surface area contributed by atoms with Crippen LogP contribution < -0.4 is 5.32 Å². The van der Waals surface area contributed by atoms with Gasteiger partial charge in [0.25, 0.3) is 0 Å². The molecule has 21 heavy (non-hydrogen) atoms. The Morgan fingerprint density at radius 3 is 2.71 bits per heavy atom. The van der Waals surface area contributed by atoms with Crippen molar-refractivity contribution in [2.45, 2.75) is 33.4 Å². The standard InChI is InChI=1S/C13H15IN6O/c1-3-19-12(6-15)11(8-17-19)18-13(21)4-5-20-9(2)10(14)7-16-20/h7-8H,3-5H2,1-2H3,(H,18,21). The minimum atomic E-state index is -0.160. The fourth-order valence-corrected chi connectivity index (χ4v) is 2.31. The number of anilines is 1. The summed E-state index contributed by atoms with van der Waals surface area (Å²) in [4.78, 5) is 12.0. The van der Waals surface area contributed by atoms with Gasteiger partial charge in [0.2, 0.25) is 5.91 Å². The molecule has 2 aromatic rings. The van der Waals surface area contributed by atoms with Crippen LogP contribution in [0.4, 0.5) is 5.69 Å². The molecular weight excluding hydrogens is 383 g/mol. The first-order chi connectivity index (χ1) is 10.1. The molecule has 1 amide bonds. The Kier molecular flexibility index (Phi) is 4.95. The lowest BCUT2D eigenvalue weighted by Gasteiger charge is -2.06. The lowest BCUT2D eigenvalue weighted by atomic mass is 10.3. The van der Waals surface area contributed by atoms with E-state index in [9.17, 15) is 4.79 Å². The highest BCUT2D eigenvalue weighted by Gasteiger charge is 2.13. The van der Waals surface area contributed by atoms with Crippen LogP contribution in [0, 0.1) is 21.8 Å². The Labute approximate surface area is 136 Å². The Morgan fingerprint density at radius 2 is 2.14 bits per heavy atom. The molecule has 110 valence electrons. The van der Waals surface area contributed by atoms with Crippen molar-refractivity contribution in [3.63, 3.8) is 0 Å². The molecule has 0 aliphatic rings. The SMILES string of the molecule is CCn1ncc(NC(=O)CCn2ncc(I)c2C)c1C#N. The summed E-state index contributed by atoms with van der Waals surface area (Å²) in [7, 11) is 0. The van der Waals surface area contributed by atoms with Crippen molar-refractivity contribution in [3.05, 3.63) is 27.4 Å². The molecule has 0 atom stereocenters. The summed E-state index contributed by atoms with van der Waals surface area (Å²) in [6.07, 6.45) is 3.57. The van der Waals surface area contributed by atoms with Gasteiger partial charge in [-0.15, -0.1) is 0 Å². The highest BCUT2D eigenvalue weighted by Crippen LogP contribution is 2.14. The van der Waals surface area contributed by atoms with Crippen LogP contribution in [0.3, 0.4) is 0 Å². The molecule has 1 N–H and O–H groups in total. The van der Waals surface area contributed by atoms with Crippen molar-refractivity contribution >= 4 is 34.2 Å². The predicted molar refractivity (Wildman–Crippen MR) is 85.5 cm³/mol. The molecule has 0 radical (unpaired) electrons. The fraction of sp³-hybridized carbons (Fsp3) is 0.385. The second-order valence-electron chi connectivity index (χ2n) is 4.43. The molecule has 0 aliphatic heterocycles. The van der Waals surface area contributed by atoms with Gasteiger partial charge in [-0.1, -0.05) is 0 Å². The van der Waals surface area contributed by atoms with E-state index in [1.54, 1.807) is 15.6 Å². The second-order valence-corrected chi connectivity index (χ2v) is 5.60. The molecule has 0 saturated carbocycles. The molecule has 0 unspecified atom stereocenters. The number of carbonyl (C=O) groups excluding carboxylic acids is 1. The number of halogens is 1. The van der Waals surface area contributed by atoms with Crippen molar-refractivity contribution < 1.29 is 4.79 Å². The maximum Gasteiger partial charge on any atom is 0.226 e. The van der Waals surface area contributed by atoms with Crippen LogP contribution in [-0.4, -0.2) is 25.5 Å². The number of carbonyl (C=O) groups is 1. The molecular formula is C13H15IN6O. The average molecular weight is 398 g/mol. The lowest BCUT2D eigenvalue weighted by Crippen LogP contribution is -2.16. The molecule has 0 bridgehead atoms. The van der Waals surface area contributed by atoms with E-state index in [0.717, 1.165) is 9.26 Å². The maximum atomic E-state index is 12.0. The van der Waals surface area contributed by atoms with Gasteiger partial charge in [0, 0.05) is 18.7 Å². The second kappa shape index (κ2) is 6.71. The third-order valence-corrected chi connectivity index (χ3v) is 4.17. The van der Waals surface area contributed by atoms with Crippen molar-refractivity contribution in [1.29, 1.82) is 5.26 Å². The first kappa shape index (κ1) is 15.5. The molecule has 7 nitrogen and oxygen atoms in total. The monoisotopic (exact) mass is 398 g/mol. The van der Waals surface area contributed by atoms with Gasteiger partial charge in [-0.25, -0.2) is 0 Å². The fourth-order valence-electron chi connectivity index (χ4n) is 1.90. The number of aryl methyl sites for hydroxylation is 2. The number of rotatable bonds is 5. The number of nitriles is 1. The highest BCUT2D eigenvalue weighted by molar-refractivity contribution is 14.1. The number of nitrogens with one attached hydrogen (secondary N) is 1. The smallest absolute Gasteiger partial charge is 0.226 e. The van der Waals surface area contributed by atoms with Crippen molar-refractivity contribution in [3.8, 4) is 6.07 Å². The number of nitrogens with zero attached hydrogens (tertiary/aromatic N) is 5. The van der Waals surface area contributed by atoms with Gasteiger partial charge in [-0.05, 0) is 36.4 Å². The molecule has 0 saturated heterocycles. The number of amides is 1. The largest absolute Gasteiger partial charge is 0.322 e. The maximum absolute atomic E-state index is 12.0. The molecule has 2 rings (SSSR count). The highest BCUT2D eigenvalue weighted by atomic mass is 127. The van der Waals surface area contributed by atoms with E-state index < -0.39 is 0 Å². The minimum Gasteiger partial charge on any atom is -0.322 e. The lowest BCUT2D eigenvalue weighted by molar-refractivity contribution is -0.116. The molecule has 2 aromatic heterocycles. The summed E-state index contributed by atoms with van der Waals surface area (Å²) >= 11 is 2.21. The zero-order valence-electron chi connectivity index (χ0n) is 11.8. The normalized spacial score (nSPS) is 10.4. The van der Waals surface area contributed by atoms with Gasteiger partial charge in [-0.2, -0.15) is 15.5 Å². The van der Waals surface area contributed by atoms with Gasteiger partial charge < -0.3 is 5.32 Å². The Hall–Kier alpha value is -1.89. The van der Waals surface area contributed by atoms with Crippen LogP contribution in [-0.2, 0) is 17.9 Å². The van der Waals surface area contributed by atoms with Gasteiger partial charge in [0.05, 0.1) is 28.2 Å². The van der Waals surface area contributed by atoms with Crippen molar-refractivity contribution in [2.75, 3.05) is 5.32 Å². The minimum absolute atomic E-state index is 0.160. The molecule has 0 spiro atoms. The summed E-state index contributed by atoms with van der Waals surface area (Å²) in [5.74, 6) is -0.160. The molecule has 0 aromatic carbocycles. The Bertz CT molecular complexity index is 696. The summed E-state index contributed by atoms with van der Waals surface area (Å²) < 4.78 is 4.42. The predicted octanol–water partition coefficient (Wildman–Crippen LogP) is 1.91. The summed E-state index contributed by atoms with van der Waals surface area (Å²) in [6.45, 7) is 4.95. The molecule has 0 fully saturated rings. The first-order valence-corrected chi connectivity index (χ1v) is 7.58. The van der Waals surface area contributed by atoms with Crippen LogP contribution in [0.2, 0.25) is 0 Å². The van der Waals surface area contributed by atoms with Gasteiger partial charge in [0.15, 0.2) is 5.69 Å². The van der Waals surface area contributed by atoms with E-state index in [1.165, 1.54) is 6.20 Å². The van der Waals surface area contributed by atoms with Gasteiger partial charge in [0.1, 0.15) is 6.07 Å². The van der Waals surface area contributed by atoms with Crippen LogP contribution in [0.5, 0.6) is 0 Å². The van der Waals surface area contributed by atoms with Crippen molar-refractivity contribution in [1.82, 2.24) is 19.6 Å². The molecule has 2 heterocycles. The van der Waals surface area contributed by atoms with Gasteiger partial charge in [-0.3, -0.25) is 14.2 Å². The van der Waals surface area contributed by atoms with E-state index in [4.69, 9.17) is 5.26 Å². The van der Waals surface area contributed by atoms with Crippen LogP contribution >= 0.6 is 22.6 Å². The van der Waals surface area contributed by atoms with E-state index in [-0.39, 0.29) is 5.91 Å². The average Bonchev–Trinajstić information content (AvgIpc) is 3.01. The Morgan fingerprint density at radius 1 is 1.43 bits per heavy atom. The van der Waals surface area contributed by atoms with E-state index in [1.807, 2.05) is 13.8 Å². The third-order valence-electron chi connectivity index (χ3n) is 3.11. The number of aromatic nitrogens is 4. The van der Waals surface area contributed by atoms with Crippen LogP contribution in [0.15, 0.2) is 12.4 Å². The molecule has 0 aliphatic carbocycles. The summed E-state index contributed by atoms with van der Waals surface area (Å²) in [5.41, 5.74) is 1.87. The number of hydrogen-bond donors (Lipinski definition) is 1. The van der Waals surface area contributed by atoms with Crippen molar-refractivity contribution in [2.24, 2.45) is 0 Å². The van der Waals surface area contributed by atoms with Gasteiger partial charge >= 0.3 is 0 Å². The first-order valence-electron chi connectivity index (χ1n) is 6.50. The van der Waals surface area contributed by atoms with E-state index in [2.05, 4.69) is 44.2 Å². The van der Waals surface area contributed by atoms with E-state index >= 15 is 0 Å². The van der Waals surface area contributed by atoms with E-state index in [0.29, 0.717) is 30.9 Å². The zero-order chi connectivity index (χ0) is 15.4.